The molecule has 0 saturated carbocycles. The van der Waals surface area contributed by atoms with Crippen LogP contribution in [0.4, 0.5) is 0 Å². The third kappa shape index (κ3) is 9.78. The quantitative estimate of drug-likeness (QED) is 0.297. The summed E-state index contributed by atoms with van der Waals surface area (Å²) in [5.41, 5.74) is 3.98. The van der Waals surface area contributed by atoms with Crippen LogP contribution in [0.1, 0.15) is 45.2 Å². The maximum atomic E-state index is 10.0. The second kappa shape index (κ2) is 14.8. The molecule has 2 aromatic rings. The monoisotopic (exact) mass is 498 g/mol. The third-order valence-corrected chi connectivity index (χ3v) is 5.89. The first-order valence-electron chi connectivity index (χ1n) is 12.4. The summed E-state index contributed by atoms with van der Waals surface area (Å²) in [6.07, 6.45) is -0.489. The Morgan fingerprint density at radius 2 is 1.08 bits per heavy atom. The molecule has 6 nitrogen and oxygen atoms in total. The van der Waals surface area contributed by atoms with Crippen molar-refractivity contribution in [1.82, 2.24) is 0 Å². The Kier molecular flexibility index (Phi) is 12.2. The number of ether oxygens (including phenoxy) is 4. The molecule has 198 valence electrons. The molecule has 0 aliphatic heterocycles. The lowest BCUT2D eigenvalue weighted by Gasteiger charge is -2.30. The predicted molar refractivity (Wildman–Crippen MR) is 144 cm³/mol. The first-order chi connectivity index (χ1) is 17.1. The van der Waals surface area contributed by atoms with Crippen molar-refractivity contribution < 1.29 is 29.2 Å². The summed E-state index contributed by atoms with van der Waals surface area (Å²) < 4.78 is 22.2. The summed E-state index contributed by atoms with van der Waals surface area (Å²) in [6.45, 7) is 17.3. The molecule has 2 atom stereocenters. The van der Waals surface area contributed by atoms with Gasteiger partial charge in [-0.3, -0.25) is 0 Å². The van der Waals surface area contributed by atoms with Crippen molar-refractivity contribution in [1.29, 1.82) is 0 Å². The molecule has 0 spiro atoms. The minimum absolute atomic E-state index is 0.163. The summed E-state index contributed by atoms with van der Waals surface area (Å²) in [7, 11) is 0. The zero-order valence-electron chi connectivity index (χ0n) is 22.2. The van der Waals surface area contributed by atoms with Crippen LogP contribution in [0.2, 0.25) is 0 Å². The van der Waals surface area contributed by atoms with Crippen LogP contribution in [0.25, 0.3) is 0 Å². The van der Waals surface area contributed by atoms with Gasteiger partial charge in [0.15, 0.2) is 0 Å². The van der Waals surface area contributed by atoms with Crippen molar-refractivity contribution in [2.75, 3.05) is 39.6 Å². The second-order valence-electron chi connectivity index (χ2n) is 9.61. The summed E-state index contributed by atoms with van der Waals surface area (Å²) in [4.78, 5) is 0. The van der Waals surface area contributed by atoms with Gasteiger partial charge < -0.3 is 29.2 Å². The summed E-state index contributed by atoms with van der Waals surface area (Å²) in [6, 6.07) is 16.0. The molecule has 0 aliphatic carbocycles. The highest BCUT2D eigenvalue weighted by Crippen LogP contribution is 2.36. The van der Waals surface area contributed by atoms with Crippen molar-refractivity contribution in [3.8, 4) is 11.5 Å². The number of benzene rings is 2. The van der Waals surface area contributed by atoms with Crippen LogP contribution >= 0.6 is 0 Å². The Bertz CT molecular complexity index is 861. The van der Waals surface area contributed by atoms with Crippen LogP contribution in [0.3, 0.4) is 0 Å². The van der Waals surface area contributed by atoms with Crippen molar-refractivity contribution >= 4 is 0 Å². The smallest absolute Gasteiger partial charge is 0.119 e. The molecule has 0 amide bonds. The molecule has 2 aromatic carbocycles. The molecule has 6 heteroatoms. The van der Waals surface area contributed by atoms with Gasteiger partial charge in [0.25, 0.3) is 0 Å². The molecular formula is C30H42O6. The fourth-order valence-electron chi connectivity index (χ4n) is 3.63. The van der Waals surface area contributed by atoms with Crippen molar-refractivity contribution in [2.24, 2.45) is 0 Å². The van der Waals surface area contributed by atoms with Gasteiger partial charge in [0.1, 0.15) is 36.9 Å². The molecule has 0 aliphatic rings. The van der Waals surface area contributed by atoms with Gasteiger partial charge in [0.05, 0.1) is 26.4 Å². The second-order valence-corrected chi connectivity index (χ2v) is 9.61. The van der Waals surface area contributed by atoms with Crippen LogP contribution in [-0.4, -0.2) is 62.1 Å². The van der Waals surface area contributed by atoms with E-state index in [9.17, 15) is 10.2 Å². The highest BCUT2D eigenvalue weighted by Gasteiger charge is 2.27. The van der Waals surface area contributed by atoms with Crippen molar-refractivity contribution in [3.63, 3.8) is 0 Å². The van der Waals surface area contributed by atoms with Gasteiger partial charge in [-0.15, -0.1) is 0 Å². The van der Waals surface area contributed by atoms with E-state index in [0.717, 1.165) is 17.6 Å². The standard InChI is InChI=1S/C30H42O6/c1-7-30(6,24-8-12-28(13-9-24)35-20-26(31)18-33-16-22(2)3)25-10-14-29(15-11-25)36-21-27(32)19-34-17-23(4)5/h8-15,26-27,31-32H,2,4,7,16-21H2,1,3,5-6H3. The van der Waals surface area contributed by atoms with E-state index < -0.39 is 12.2 Å². The molecule has 2 unspecified atom stereocenters. The Morgan fingerprint density at radius 1 is 0.722 bits per heavy atom. The van der Waals surface area contributed by atoms with E-state index in [4.69, 9.17) is 18.9 Å². The van der Waals surface area contributed by atoms with Crippen LogP contribution in [0.15, 0.2) is 72.8 Å². The Balaban J connectivity index is 1.92. The van der Waals surface area contributed by atoms with Gasteiger partial charge in [-0.25, -0.2) is 0 Å². The molecule has 0 aromatic heterocycles. The topological polar surface area (TPSA) is 77.4 Å². The van der Waals surface area contributed by atoms with Crippen LogP contribution < -0.4 is 9.47 Å². The number of aliphatic hydroxyl groups is 2. The molecule has 2 rings (SSSR count). The molecular weight excluding hydrogens is 456 g/mol. The van der Waals surface area contributed by atoms with Gasteiger partial charge in [0.2, 0.25) is 0 Å². The maximum Gasteiger partial charge on any atom is 0.119 e. The molecule has 0 radical (unpaired) electrons. The average Bonchev–Trinajstić information content (AvgIpc) is 2.86. The zero-order valence-corrected chi connectivity index (χ0v) is 22.2. The fourth-order valence-corrected chi connectivity index (χ4v) is 3.63. The minimum atomic E-state index is -0.698. The van der Waals surface area contributed by atoms with Crippen molar-refractivity contribution in [2.45, 2.75) is 51.7 Å². The SMILES string of the molecule is C=C(C)COCC(O)COc1ccc(C(C)(CC)c2ccc(OCC(O)COCC(=C)C)cc2)cc1. The van der Waals surface area contributed by atoms with E-state index in [2.05, 4.69) is 51.3 Å². The third-order valence-electron chi connectivity index (χ3n) is 5.89. The number of rotatable bonds is 17. The lowest BCUT2D eigenvalue weighted by molar-refractivity contribution is 0.0195. The molecule has 2 N–H and O–H groups in total. The number of hydrogen-bond donors (Lipinski definition) is 2. The molecule has 0 saturated heterocycles. The largest absolute Gasteiger partial charge is 0.491 e. The lowest BCUT2D eigenvalue weighted by atomic mass is 9.74. The highest BCUT2D eigenvalue weighted by molar-refractivity contribution is 5.42. The normalized spacial score (nSPS) is 14.5. The van der Waals surface area contributed by atoms with E-state index in [0.29, 0.717) is 24.7 Å². The van der Waals surface area contributed by atoms with Crippen molar-refractivity contribution in [3.05, 3.63) is 84.0 Å². The van der Waals surface area contributed by atoms with E-state index in [1.807, 2.05) is 38.1 Å². The van der Waals surface area contributed by atoms with Crippen LogP contribution in [0, 0.1) is 0 Å². The lowest BCUT2D eigenvalue weighted by Crippen LogP contribution is -2.24. The molecule has 0 bridgehead atoms. The molecule has 0 heterocycles. The number of aliphatic hydroxyl groups excluding tert-OH is 2. The Morgan fingerprint density at radius 3 is 1.39 bits per heavy atom. The summed E-state index contributed by atoms with van der Waals surface area (Å²) in [5, 5.41) is 20.1. The average molecular weight is 499 g/mol. The first kappa shape index (κ1) is 29.6. The van der Waals surface area contributed by atoms with Crippen LogP contribution in [0.5, 0.6) is 11.5 Å². The molecule has 0 fully saturated rings. The predicted octanol–water partition coefficient (Wildman–Crippen LogP) is 5.07. The summed E-state index contributed by atoms with van der Waals surface area (Å²) in [5.74, 6) is 1.40. The summed E-state index contributed by atoms with van der Waals surface area (Å²) >= 11 is 0. The highest BCUT2D eigenvalue weighted by atomic mass is 16.5. The van der Waals surface area contributed by atoms with E-state index >= 15 is 0 Å². The van der Waals surface area contributed by atoms with E-state index in [1.165, 1.54) is 11.1 Å². The number of hydrogen-bond acceptors (Lipinski definition) is 6. The van der Waals surface area contributed by atoms with Gasteiger partial charge in [-0.2, -0.15) is 0 Å². The van der Waals surface area contributed by atoms with Gasteiger partial charge in [0, 0.05) is 5.41 Å². The van der Waals surface area contributed by atoms with Gasteiger partial charge in [-0.1, -0.05) is 62.4 Å². The van der Waals surface area contributed by atoms with E-state index in [-0.39, 0.29) is 31.8 Å². The minimum Gasteiger partial charge on any atom is -0.491 e. The maximum absolute atomic E-state index is 10.0. The Labute approximate surface area is 216 Å². The molecule has 36 heavy (non-hydrogen) atoms. The Hall–Kier alpha value is -2.64. The first-order valence-corrected chi connectivity index (χ1v) is 12.4. The fraction of sp³-hybridized carbons (Fsp3) is 0.467. The van der Waals surface area contributed by atoms with Gasteiger partial charge in [-0.05, 0) is 55.7 Å². The van der Waals surface area contributed by atoms with Crippen LogP contribution in [-0.2, 0) is 14.9 Å². The van der Waals surface area contributed by atoms with Gasteiger partial charge >= 0.3 is 0 Å². The zero-order chi connectivity index (χ0) is 26.6. The van der Waals surface area contributed by atoms with E-state index in [1.54, 1.807) is 0 Å².